The van der Waals surface area contributed by atoms with Crippen LogP contribution in [0, 0.1) is 0 Å². The van der Waals surface area contributed by atoms with Gasteiger partial charge in [0.15, 0.2) is 28.8 Å². The summed E-state index contributed by atoms with van der Waals surface area (Å²) in [5.41, 5.74) is 0.562. The van der Waals surface area contributed by atoms with E-state index >= 15 is 0 Å². The number of allylic oxidation sites excluding steroid dienone is 1. The molecule has 0 unspecified atom stereocenters. The summed E-state index contributed by atoms with van der Waals surface area (Å²) in [5, 5.41) is 20.2. The summed E-state index contributed by atoms with van der Waals surface area (Å²) in [6.07, 6.45) is 2.82. The lowest BCUT2D eigenvalue weighted by Crippen LogP contribution is -2.01. The number of phenolic OH excluding ortho intramolecular Hbond substituents is 2. The normalized spacial score (nSPS) is 12.4. The van der Waals surface area contributed by atoms with Gasteiger partial charge in [-0.1, -0.05) is 12.1 Å². The van der Waals surface area contributed by atoms with Crippen molar-refractivity contribution >= 4 is 11.9 Å². The fourth-order valence-corrected chi connectivity index (χ4v) is 2.48. The first-order chi connectivity index (χ1) is 12.0. The third-order valence-corrected chi connectivity index (χ3v) is 3.69. The highest BCUT2D eigenvalue weighted by atomic mass is 16.7. The average molecular weight is 344 g/mol. The molecule has 0 bridgehead atoms. The molecule has 3 rings (SSSR count). The Labute approximate surface area is 143 Å². The summed E-state index contributed by atoms with van der Waals surface area (Å²) in [6, 6.07) is 6.39. The highest BCUT2D eigenvalue weighted by molar-refractivity contribution is 6.11. The van der Waals surface area contributed by atoms with Gasteiger partial charge in [0.1, 0.15) is 11.3 Å². The van der Waals surface area contributed by atoms with Crippen LogP contribution in [0.2, 0.25) is 0 Å². The minimum atomic E-state index is -0.537. The number of ether oxygens (including phenoxy) is 4. The van der Waals surface area contributed by atoms with E-state index in [1.807, 2.05) is 0 Å². The van der Waals surface area contributed by atoms with Gasteiger partial charge in [-0.15, -0.1) is 0 Å². The molecular formula is C18H16O7. The number of carbonyl (C=O) groups is 1. The topological polar surface area (TPSA) is 94.5 Å². The maximum atomic E-state index is 12.5. The van der Waals surface area contributed by atoms with Gasteiger partial charge in [-0.25, -0.2) is 0 Å². The van der Waals surface area contributed by atoms with Crippen LogP contribution < -0.4 is 18.9 Å². The molecule has 0 atom stereocenters. The Morgan fingerprint density at radius 2 is 1.88 bits per heavy atom. The van der Waals surface area contributed by atoms with Crippen LogP contribution in [0.3, 0.4) is 0 Å². The van der Waals surface area contributed by atoms with Gasteiger partial charge >= 0.3 is 0 Å². The van der Waals surface area contributed by atoms with Crippen molar-refractivity contribution in [2.45, 2.75) is 0 Å². The number of aromatic hydroxyl groups is 2. The summed E-state index contributed by atoms with van der Waals surface area (Å²) in [5.74, 6) is -0.165. The van der Waals surface area contributed by atoms with Crippen LogP contribution in [0.15, 0.2) is 30.3 Å². The molecule has 7 nitrogen and oxygen atoms in total. The maximum Gasteiger partial charge on any atom is 0.231 e. The Balaban J connectivity index is 1.92. The molecule has 0 saturated carbocycles. The standard InChI is InChI=1S/C18H16O7/c1-22-15-8-12(20)16(18(23-2)17(15)21)11(19)5-3-10-4-6-13-14(7-10)25-9-24-13/h3-8,20-21H,9H2,1-2H3/b5-3+. The van der Waals surface area contributed by atoms with Gasteiger partial charge in [0, 0.05) is 6.07 Å². The van der Waals surface area contributed by atoms with E-state index in [0.29, 0.717) is 17.1 Å². The van der Waals surface area contributed by atoms with Crippen molar-refractivity contribution in [1.29, 1.82) is 0 Å². The van der Waals surface area contributed by atoms with Crippen LogP contribution in [0.4, 0.5) is 0 Å². The molecule has 2 aromatic carbocycles. The van der Waals surface area contributed by atoms with Crippen molar-refractivity contribution in [3.8, 4) is 34.5 Å². The Morgan fingerprint density at radius 3 is 2.60 bits per heavy atom. The summed E-state index contributed by atoms with van der Waals surface area (Å²) in [6.45, 7) is 0.164. The molecular weight excluding hydrogens is 328 g/mol. The fourth-order valence-electron chi connectivity index (χ4n) is 2.48. The molecule has 0 aromatic heterocycles. The number of phenols is 2. The molecule has 0 fully saturated rings. The van der Waals surface area contributed by atoms with Gasteiger partial charge in [0.05, 0.1) is 14.2 Å². The Kier molecular flexibility index (Phi) is 4.38. The van der Waals surface area contributed by atoms with Gasteiger partial charge in [-0.2, -0.15) is 0 Å². The van der Waals surface area contributed by atoms with Crippen LogP contribution in [0.1, 0.15) is 15.9 Å². The average Bonchev–Trinajstić information content (AvgIpc) is 3.08. The summed E-state index contributed by atoms with van der Waals surface area (Å²) < 4.78 is 20.5. The van der Waals surface area contributed by atoms with Crippen molar-refractivity contribution < 1.29 is 34.0 Å². The van der Waals surface area contributed by atoms with E-state index in [2.05, 4.69) is 0 Å². The Bertz CT molecular complexity index is 855. The summed E-state index contributed by atoms with van der Waals surface area (Å²) in [7, 11) is 2.61. The van der Waals surface area contributed by atoms with Gasteiger partial charge in [-0.3, -0.25) is 4.79 Å². The number of ketones is 1. The minimum absolute atomic E-state index is 0.00523. The molecule has 0 spiro atoms. The lowest BCUT2D eigenvalue weighted by molar-refractivity contribution is 0.104. The first-order valence-electron chi connectivity index (χ1n) is 7.34. The van der Waals surface area contributed by atoms with Crippen molar-refractivity contribution in [2.24, 2.45) is 0 Å². The molecule has 0 radical (unpaired) electrons. The lowest BCUT2D eigenvalue weighted by atomic mass is 10.0. The number of hydrogen-bond donors (Lipinski definition) is 2. The number of hydrogen-bond acceptors (Lipinski definition) is 7. The molecule has 25 heavy (non-hydrogen) atoms. The lowest BCUT2D eigenvalue weighted by Gasteiger charge is -2.13. The Morgan fingerprint density at radius 1 is 1.12 bits per heavy atom. The smallest absolute Gasteiger partial charge is 0.231 e. The van der Waals surface area contributed by atoms with E-state index < -0.39 is 5.78 Å². The SMILES string of the molecule is COc1cc(O)c(C(=O)/C=C/c2ccc3c(c2)OCO3)c(OC)c1O. The van der Waals surface area contributed by atoms with Crippen LogP contribution in [0.5, 0.6) is 34.5 Å². The van der Waals surface area contributed by atoms with Crippen LogP contribution in [-0.2, 0) is 0 Å². The quantitative estimate of drug-likeness (QED) is 0.489. The van der Waals surface area contributed by atoms with Crippen molar-refractivity contribution in [1.82, 2.24) is 0 Å². The fraction of sp³-hybridized carbons (Fsp3) is 0.167. The third kappa shape index (κ3) is 3.03. The number of rotatable bonds is 5. The zero-order valence-corrected chi connectivity index (χ0v) is 13.6. The molecule has 0 aliphatic carbocycles. The number of fused-ring (bicyclic) bond motifs is 1. The second-order valence-electron chi connectivity index (χ2n) is 5.17. The van der Waals surface area contributed by atoms with Crippen molar-refractivity contribution in [3.05, 3.63) is 41.5 Å². The van der Waals surface area contributed by atoms with E-state index in [0.717, 1.165) is 6.07 Å². The van der Waals surface area contributed by atoms with Crippen LogP contribution >= 0.6 is 0 Å². The van der Waals surface area contributed by atoms with Gasteiger partial charge in [0.2, 0.25) is 12.5 Å². The van der Waals surface area contributed by atoms with E-state index in [1.54, 1.807) is 24.3 Å². The molecule has 0 saturated heterocycles. The zero-order valence-electron chi connectivity index (χ0n) is 13.6. The molecule has 2 N–H and O–H groups in total. The monoisotopic (exact) mass is 344 g/mol. The van der Waals surface area contributed by atoms with Gasteiger partial charge in [0.25, 0.3) is 0 Å². The highest BCUT2D eigenvalue weighted by Crippen LogP contribution is 2.44. The molecule has 1 aliphatic heterocycles. The molecule has 2 aromatic rings. The third-order valence-electron chi connectivity index (χ3n) is 3.69. The summed E-state index contributed by atoms with van der Waals surface area (Å²) in [4.78, 5) is 12.5. The first kappa shape index (κ1) is 16.5. The van der Waals surface area contributed by atoms with Crippen molar-refractivity contribution in [3.63, 3.8) is 0 Å². The second kappa shape index (κ2) is 6.64. The molecule has 0 amide bonds. The molecule has 1 aliphatic rings. The van der Waals surface area contributed by atoms with E-state index in [1.165, 1.54) is 20.3 Å². The largest absolute Gasteiger partial charge is 0.507 e. The number of benzene rings is 2. The zero-order chi connectivity index (χ0) is 18.0. The second-order valence-corrected chi connectivity index (χ2v) is 5.17. The number of carbonyl (C=O) groups excluding carboxylic acids is 1. The highest BCUT2D eigenvalue weighted by Gasteiger charge is 2.23. The molecule has 7 heteroatoms. The molecule has 1 heterocycles. The predicted octanol–water partition coefficient (Wildman–Crippen LogP) is 2.74. The van der Waals surface area contributed by atoms with E-state index in [-0.39, 0.29) is 35.4 Å². The van der Waals surface area contributed by atoms with Crippen LogP contribution in [-0.4, -0.2) is 37.0 Å². The van der Waals surface area contributed by atoms with Gasteiger partial charge < -0.3 is 29.2 Å². The van der Waals surface area contributed by atoms with E-state index in [9.17, 15) is 15.0 Å². The molecule has 130 valence electrons. The summed E-state index contributed by atoms with van der Waals surface area (Å²) >= 11 is 0. The van der Waals surface area contributed by atoms with Crippen molar-refractivity contribution in [2.75, 3.05) is 21.0 Å². The first-order valence-corrected chi connectivity index (χ1v) is 7.34. The van der Waals surface area contributed by atoms with Crippen LogP contribution in [0.25, 0.3) is 6.08 Å². The minimum Gasteiger partial charge on any atom is -0.507 e. The predicted molar refractivity (Wildman–Crippen MR) is 88.8 cm³/mol. The van der Waals surface area contributed by atoms with Gasteiger partial charge in [-0.05, 0) is 23.8 Å². The maximum absolute atomic E-state index is 12.5. The van der Waals surface area contributed by atoms with E-state index in [4.69, 9.17) is 18.9 Å². The Hall–Kier alpha value is -3.35. The number of methoxy groups -OCH3 is 2.